The van der Waals surface area contributed by atoms with Crippen molar-refractivity contribution in [3.63, 3.8) is 0 Å². The van der Waals surface area contributed by atoms with Crippen molar-refractivity contribution < 1.29 is 19.1 Å². The number of hydrogen-bond acceptors (Lipinski definition) is 5. The van der Waals surface area contributed by atoms with Crippen LogP contribution in [0.25, 0.3) is 0 Å². The summed E-state index contributed by atoms with van der Waals surface area (Å²) < 4.78 is 5.17. The zero-order chi connectivity index (χ0) is 18.2. The minimum Gasteiger partial charge on any atom is -0.445 e. The molecular weight excluding hydrogens is 358 g/mol. The predicted molar refractivity (Wildman–Crippen MR) is 100 cm³/mol. The average molecular weight is 384 g/mol. The molecule has 1 aromatic carbocycles. The molecule has 0 aliphatic carbocycles. The van der Waals surface area contributed by atoms with E-state index in [0.717, 1.165) is 5.56 Å². The third-order valence-electron chi connectivity index (χ3n) is 3.88. The molecule has 1 aliphatic rings. The lowest BCUT2D eigenvalue weighted by Gasteiger charge is -2.21. The molecule has 1 aromatic rings. The molecule has 3 N–H and O–H groups in total. The van der Waals surface area contributed by atoms with Gasteiger partial charge in [0.15, 0.2) is 5.78 Å². The van der Waals surface area contributed by atoms with Crippen LogP contribution >= 0.6 is 12.4 Å². The van der Waals surface area contributed by atoms with Crippen LogP contribution in [-0.4, -0.2) is 43.0 Å². The number of carbonyl (C=O) groups is 3. The first-order chi connectivity index (χ1) is 12.0. The van der Waals surface area contributed by atoms with Crippen LogP contribution in [0.5, 0.6) is 0 Å². The van der Waals surface area contributed by atoms with Gasteiger partial charge in [0.1, 0.15) is 18.7 Å². The fraction of sp³-hybridized carbons (Fsp3) is 0.500. The number of halogens is 1. The fourth-order valence-electron chi connectivity index (χ4n) is 2.59. The Bertz CT molecular complexity index is 610. The van der Waals surface area contributed by atoms with Crippen molar-refractivity contribution in [1.82, 2.24) is 16.0 Å². The molecular formula is C18H26ClN3O4. The van der Waals surface area contributed by atoms with Gasteiger partial charge < -0.3 is 20.7 Å². The molecule has 1 saturated heterocycles. The van der Waals surface area contributed by atoms with Gasteiger partial charge in [0.25, 0.3) is 0 Å². The van der Waals surface area contributed by atoms with Crippen LogP contribution in [0.4, 0.5) is 4.79 Å². The van der Waals surface area contributed by atoms with E-state index < -0.39 is 18.2 Å². The number of ketones is 1. The second kappa shape index (κ2) is 10.8. The molecule has 2 atom stereocenters. The zero-order valence-electron chi connectivity index (χ0n) is 15.0. The Kier molecular flexibility index (Phi) is 9.09. The fourth-order valence-corrected chi connectivity index (χ4v) is 2.59. The molecule has 1 heterocycles. The van der Waals surface area contributed by atoms with E-state index in [0.29, 0.717) is 13.0 Å². The smallest absolute Gasteiger partial charge is 0.408 e. The minimum absolute atomic E-state index is 0. The number of nitrogens with one attached hydrogen (secondary N) is 3. The summed E-state index contributed by atoms with van der Waals surface area (Å²) in [5.74, 6) is -0.224. The highest BCUT2D eigenvalue weighted by molar-refractivity contribution is 5.94. The summed E-state index contributed by atoms with van der Waals surface area (Å²) in [7, 11) is 0. The number of carbonyl (C=O) groups excluding carboxylic acids is 3. The summed E-state index contributed by atoms with van der Waals surface area (Å²) in [6.07, 6.45) is -0.193. The number of benzene rings is 1. The van der Waals surface area contributed by atoms with Crippen molar-refractivity contribution in [3.05, 3.63) is 35.9 Å². The average Bonchev–Trinajstić information content (AvgIpc) is 2.98. The van der Waals surface area contributed by atoms with Gasteiger partial charge in [-0.2, -0.15) is 0 Å². The third kappa shape index (κ3) is 7.01. The van der Waals surface area contributed by atoms with Gasteiger partial charge in [-0.3, -0.25) is 9.59 Å². The maximum absolute atomic E-state index is 12.4. The van der Waals surface area contributed by atoms with Gasteiger partial charge in [-0.25, -0.2) is 4.79 Å². The van der Waals surface area contributed by atoms with E-state index in [1.54, 1.807) is 0 Å². The van der Waals surface area contributed by atoms with Crippen LogP contribution in [0.3, 0.4) is 0 Å². The molecule has 2 rings (SSSR count). The molecule has 7 nitrogen and oxygen atoms in total. The molecule has 0 saturated carbocycles. The normalized spacial score (nSPS) is 17.3. The zero-order valence-corrected chi connectivity index (χ0v) is 15.8. The minimum atomic E-state index is -0.739. The highest BCUT2D eigenvalue weighted by Crippen LogP contribution is 2.07. The summed E-state index contributed by atoms with van der Waals surface area (Å²) in [4.78, 5) is 36.1. The highest BCUT2D eigenvalue weighted by atomic mass is 35.5. The van der Waals surface area contributed by atoms with Crippen LogP contribution in [-0.2, 0) is 20.9 Å². The van der Waals surface area contributed by atoms with E-state index in [9.17, 15) is 14.4 Å². The number of alkyl carbamates (subject to hydrolysis) is 1. The topological polar surface area (TPSA) is 96.5 Å². The third-order valence-corrected chi connectivity index (χ3v) is 3.88. The quantitative estimate of drug-likeness (QED) is 0.661. The predicted octanol–water partition coefficient (Wildman–Crippen LogP) is 1.41. The van der Waals surface area contributed by atoms with Gasteiger partial charge in [-0.15, -0.1) is 12.4 Å². The van der Waals surface area contributed by atoms with E-state index >= 15 is 0 Å². The first-order valence-electron chi connectivity index (χ1n) is 8.46. The van der Waals surface area contributed by atoms with Crippen molar-refractivity contribution in [2.45, 2.75) is 39.0 Å². The summed E-state index contributed by atoms with van der Waals surface area (Å²) in [5.41, 5.74) is 0.866. The van der Waals surface area contributed by atoms with E-state index in [4.69, 9.17) is 4.74 Å². The molecule has 1 fully saturated rings. The lowest BCUT2D eigenvalue weighted by atomic mass is 10.0. The molecule has 0 aromatic heterocycles. The molecule has 1 aliphatic heterocycles. The maximum atomic E-state index is 12.4. The summed E-state index contributed by atoms with van der Waals surface area (Å²) in [6, 6.07) is 8.03. The Morgan fingerprint density at radius 3 is 2.54 bits per heavy atom. The second-order valence-corrected chi connectivity index (χ2v) is 6.55. The Labute approximate surface area is 159 Å². The number of hydrogen-bond donors (Lipinski definition) is 3. The van der Waals surface area contributed by atoms with E-state index in [2.05, 4.69) is 16.0 Å². The molecule has 1 unspecified atom stereocenters. The van der Waals surface area contributed by atoms with Gasteiger partial charge in [-0.05, 0) is 17.9 Å². The van der Waals surface area contributed by atoms with Gasteiger partial charge in [0, 0.05) is 6.54 Å². The second-order valence-electron chi connectivity index (χ2n) is 6.55. The monoisotopic (exact) mass is 383 g/mol. The van der Waals surface area contributed by atoms with Crippen molar-refractivity contribution in [3.8, 4) is 0 Å². The Morgan fingerprint density at radius 2 is 1.96 bits per heavy atom. The van der Waals surface area contributed by atoms with E-state index in [1.807, 2.05) is 44.2 Å². The summed E-state index contributed by atoms with van der Waals surface area (Å²) >= 11 is 0. The first kappa shape index (κ1) is 21.9. The van der Waals surface area contributed by atoms with Gasteiger partial charge in [0.05, 0.1) is 6.54 Å². The van der Waals surface area contributed by atoms with Crippen molar-refractivity contribution >= 4 is 30.2 Å². The Morgan fingerprint density at radius 1 is 1.27 bits per heavy atom. The molecule has 0 spiro atoms. The van der Waals surface area contributed by atoms with E-state index in [1.165, 1.54) is 0 Å². The lowest BCUT2D eigenvalue weighted by Crippen LogP contribution is -2.52. The SMILES string of the molecule is CC(C)C[C@H](NC(=O)OCc1ccccc1)C(=O)NC1CNCC1=O.Cl. The van der Waals surface area contributed by atoms with Crippen molar-refractivity contribution in [2.75, 3.05) is 13.1 Å². The van der Waals surface area contributed by atoms with Crippen LogP contribution in [0, 0.1) is 5.92 Å². The largest absolute Gasteiger partial charge is 0.445 e. The standard InChI is InChI=1S/C18H25N3O4.ClH/c1-12(2)8-14(17(23)20-15-9-19-10-16(15)22)21-18(24)25-11-13-6-4-3-5-7-13;/h3-7,12,14-15,19H,8-11H2,1-2H3,(H,20,23)(H,21,24);1H/t14-,15?;/m0./s1. The summed E-state index contributed by atoms with van der Waals surface area (Å²) in [5, 5.41) is 8.20. The molecule has 26 heavy (non-hydrogen) atoms. The van der Waals surface area contributed by atoms with E-state index in [-0.39, 0.29) is 43.2 Å². The lowest BCUT2D eigenvalue weighted by molar-refractivity contribution is -0.127. The van der Waals surface area contributed by atoms with Crippen LogP contribution < -0.4 is 16.0 Å². The molecule has 0 bridgehead atoms. The number of amides is 2. The van der Waals surface area contributed by atoms with Crippen LogP contribution in [0.2, 0.25) is 0 Å². The maximum Gasteiger partial charge on any atom is 0.408 e. The number of ether oxygens (including phenoxy) is 1. The van der Waals surface area contributed by atoms with Crippen molar-refractivity contribution in [1.29, 1.82) is 0 Å². The molecule has 0 radical (unpaired) electrons. The molecule has 8 heteroatoms. The first-order valence-corrected chi connectivity index (χ1v) is 8.46. The van der Waals surface area contributed by atoms with Crippen molar-refractivity contribution in [2.24, 2.45) is 5.92 Å². The Balaban J connectivity index is 0.00000338. The number of rotatable bonds is 7. The highest BCUT2D eigenvalue weighted by Gasteiger charge is 2.29. The van der Waals surface area contributed by atoms with Gasteiger partial charge in [-0.1, -0.05) is 44.2 Å². The molecule has 2 amide bonds. The van der Waals surface area contributed by atoms with Crippen LogP contribution in [0.1, 0.15) is 25.8 Å². The summed E-state index contributed by atoms with van der Waals surface area (Å²) in [6.45, 7) is 4.72. The van der Waals surface area contributed by atoms with Gasteiger partial charge >= 0.3 is 6.09 Å². The Hall–Kier alpha value is -2.12. The van der Waals surface area contributed by atoms with Gasteiger partial charge in [0.2, 0.25) is 5.91 Å². The molecule has 144 valence electrons. The van der Waals surface area contributed by atoms with Crippen LogP contribution in [0.15, 0.2) is 30.3 Å². The number of Topliss-reactive ketones (excluding diaryl/α,β-unsaturated/α-hetero) is 1.